The van der Waals surface area contributed by atoms with Gasteiger partial charge in [-0.3, -0.25) is 9.59 Å². The van der Waals surface area contributed by atoms with Crippen LogP contribution in [0.25, 0.3) is 17.2 Å². The summed E-state index contributed by atoms with van der Waals surface area (Å²) >= 11 is 0. The van der Waals surface area contributed by atoms with Crippen molar-refractivity contribution < 1.29 is 18.0 Å². The largest absolute Gasteiger partial charge is 0.389 e. The number of aryl methyl sites for hydroxylation is 1. The first-order chi connectivity index (χ1) is 18.9. The van der Waals surface area contributed by atoms with Gasteiger partial charge in [0.2, 0.25) is 5.91 Å². The Kier molecular flexibility index (Phi) is 5.86. The smallest absolute Gasteiger partial charge is 0.309 e. The Bertz CT molecular complexity index is 1680. The van der Waals surface area contributed by atoms with Crippen LogP contribution in [-0.2, 0) is 22.0 Å². The molecule has 2 N–H and O–H groups in total. The first kappa shape index (κ1) is 26.1. The second-order valence-electron chi connectivity index (χ2n) is 11.6. The number of fused-ring (bicyclic) bond motifs is 2. The van der Waals surface area contributed by atoms with E-state index in [-0.39, 0.29) is 53.0 Å². The number of nitrogens with one attached hydrogen (secondary N) is 2. The molecule has 0 spiro atoms. The van der Waals surface area contributed by atoms with Crippen LogP contribution in [-0.4, -0.2) is 41.6 Å². The highest BCUT2D eigenvalue weighted by Gasteiger charge is 2.59. The van der Waals surface area contributed by atoms with Crippen molar-refractivity contribution in [3.8, 4) is 11.5 Å². The lowest BCUT2D eigenvalue weighted by atomic mass is 9.71. The average Bonchev–Trinajstić information content (AvgIpc) is 3.52. The zero-order valence-electron chi connectivity index (χ0n) is 22.3. The number of amides is 1. The average molecular weight is 552 g/mol. The normalized spacial score (nSPS) is 19.2. The van der Waals surface area contributed by atoms with E-state index in [1.165, 1.54) is 17.0 Å². The predicted molar refractivity (Wildman–Crippen MR) is 141 cm³/mol. The molecule has 1 fully saturated rings. The fourth-order valence-electron chi connectivity index (χ4n) is 5.65. The van der Waals surface area contributed by atoms with E-state index in [9.17, 15) is 22.8 Å². The van der Waals surface area contributed by atoms with Gasteiger partial charge in [0.05, 0.1) is 17.5 Å². The summed E-state index contributed by atoms with van der Waals surface area (Å²) in [5.41, 5.74) is 1.27. The third-order valence-electron chi connectivity index (χ3n) is 7.75. The van der Waals surface area contributed by atoms with Crippen LogP contribution in [0.15, 0.2) is 41.6 Å². The van der Waals surface area contributed by atoms with E-state index < -0.39 is 23.6 Å². The van der Waals surface area contributed by atoms with Crippen molar-refractivity contribution in [2.75, 3.05) is 5.32 Å². The van der Waals surface area contributed by atoms with Gasteiger partial charge in [-0.2, -0.15) is 18.3 Å². The highest BCUT2D eigenvalue weighted by Crippen LogP contribution is 2.55. The molecule has 208 valence electrons. The van der Waals surface area contributed by atoms with Gasteiger partial charge < -0.3 is 10.3 Å². The van der Waals surface area contributed by atoms with Gasteiger partial charge in [0.1, 0.15) is 23.3 Å². The van der Waals surface area contributed by atoms with E-state index in [2.05, 4.69) is 51.1 Å². The first-order valence-electron chi connectivity index (χ1n) is 13.2. The summed E-state index contributed by atoms with van der Waals surface area (Å²) < 4.78 is 39.6. The Morgan fingerprint density at radius 2 is 1.80 bits per heavy atom. The van der Waals surface area contributed by atoms with Crippen LogP contribution in [0.2, 0.25) is 0 Å². The highest BCUT2D eigenvalue weighted by molar-refractivity contribution is 6.08. The number of carbonyl (C=O) groups excluding carboxylic acids is 1. The lowest BCUT2D eigenvalue weighted by molar-refractivity contribution is -0.135. The van der Waals surface area contributed by atoms with Gasteiger partial charge >= 0.3 is 6.18 Å². The van der Waals surface area contributed by atoms with Crippen LogP contribution in [0.5, 0.6) is 0 Å². The zero-order chi connectivity index (χ0) is 28.4. The molecule has 1 aliphatic heterocycles. The summed E-state index contributed by atoms with van der Waals surface area (Å²) in [6.07, 6.45) is -1.02. The van der Waals surface area contributed by atoms with Gasteiger partial charge in [-0.05, 0) is 48.1 Å². The van der Waals surface area contributed by atoms with E-state index in [1.54, 1.807) is 0 Å². The summed E-state index contributed by atoms with van der Waals surface area (Å²) in [5, 5.41) is 6.95. The minimum atomic E-state index is -4.28. The minimum Gasteiger partial charge on any atom is -0.309 e. The molecule has 0 radical (unpaired) electrons. The van der Waals surface area contributed by atoms with Gasteiger partial charge in [-0.1, -0.05) is 45.0 Å². The van der Waals surface area contributed by atoms with Crippen LogP contribution < -0.4 is 10.9 Å². The van der Waals surface area contributed by atoms with Crippen molar-refractivity contribution in [1.29, 1.82) is 0 Å². The van der Waals surface area contributed by atoms with E-state index in [1.807, 2.05) is 24.3 Å². The second-order valence-corrected chi connectivity index (χ2v) is 11.6. The van der Waals surface area contributed by atoms with Crippen molar-refractivity contribution >= 4 is 17.4 Å². The van der Waals surface area contributed by atoms with Gasteiger partial charge in [0, 0.05) is 6.42 Å². The monoisotopic (exact) mass is 551 g/mol. The number of carbonyl (C=O) groups is 1. The molecule has 1 atom stereocenters. The molecule has 3 aromatic heterocycles. The molecule has 4 heterocycles. The maximum absolute atomic E-state index is 13.7. The van der Waals surface area contributed by atoms with E-state index in [0.717, 1.165) is 24.0 Å². The number of aromatic nitrogens is 6. The predicted octanol–water partition coefficient (Wildman–Crippen LogP) is 4.71. The van der Waals surface area contributed by atoms with Crippen LogP contribution in [0.1, 0.15) is 68.8 Å². The van der Waals surface area contributed by atoms with Crippen molar-refractivity contribution in [2.24, 2.45) is 5.92 Å². The van der Waals surface area contributed by atoms with Gasteiger partial charge in [-0.15, -0.1) is 0 Å². The molecule has 2 aliphatic rings. The molecule has 0 saturated heterocycles. The Balaban J connectivity index is 1.43. The van der Waals surface area contributed by atoms with Crippen LogP contribution in [0, 0.1) is 5.92 Å². The molecule has 1 unspecified atom stereocenters. The fourth-order valence-corrected chi connectivity index (χ4v) is 5.65. The number of nitrogens with zero attached hydrogens (tertiary/aromatic N) is 5. The number of hydrogen-bond donors (Lipinski definition) is 2. The van der Waals surface area contributed by atoms with E-state index in [4.69, 9.17) is 0 Å². The van der Waals surface area contributed by atoms with Crippen molar-refractivity contribution in [3.63, 3.8) is 0 Å². The number of H-pyrrole nitrogens is 1. The molecule has 4 aromatic rings. The molecule has 1 amide bonds. The Morgan fingerprint density at radius 3 is 2.45 bits per heavy atom. The van der Waals surface area contributed by atoms with Crippen LogP contribution in [0.4, 0.5) is 19.0 Å². The number of halogens is 3. The first-order valence-corrected chi connectivity index (χ1v) is 13.2. The standard InChI is InChI=1S/C28H28F3N7O2/c1-26(2,3)15-6-8-16(9-7-15)28(17-10-11-17)20-22(37-25(28)40)35-21(36-24(20)39)19-13-38-23(32-14-33-38)18(34-19)5-4-12-27(29,30)31/h6-9,13-14,17H,4-5,10-12H2,1-3H3,(H2,35,36,37,39,40). The number of alkyl halides is 3. The molecule has 1 saturated carbocycles. The number of benzene rings is 1. The number of rotatable bonds is 6. The van der Waals surface area contributed by atoms with Crippen molar-refractivity contribution in [3.05, 3.63) is 69.5 Å². The van der Waals surface area contributed by atoms with Gasteiger partial charge in [0.25, 0.3) is 5.56 Å². The third kappa shape index (κ3) is 4.35. The SMILES string of the molecule is CC(C)(C)c1ccc(C2(C3CC3)C(=O)Nc3nc(-c4cn5ncnc5c(CCCC(F)(F)F)n4)[nH]c(=O)c32)cc1. The zero-order valence-corrected chi connectivity index (χ0v) is 22.3. The Hall–Kier alpha value is -4.09. The molecule has 12 heteroatoms. The molecule has 1 aliphatic carbocycles. The third-order valence-corrected chi connectivity index (χ3v) is 7.75. The maximum atomic E-state index is 13.7. The Labute approximate surface area is 227 Å². The summed E-state index contributed by atoms with van der Waals surface area (Å²) in [5.74, 6) is -0.0908. The van der Waals surface area contributed by atoms with Crippen LogP contribution >= 0.6 is 0 Å². The number of anilines is 1. The van der Waals surface area contributed by atoms with Crippen molar-refractivity contribution in [1.82, 2.24) is 29.5 Å². The highest BCUT2D eigenvalue weighted by atomic mass is 19.4. The maximum Gasteiger partial charge on any atom is 0.389 e. The fraction of sp³-hybridized carbons (Fsp3) is 0.429. The molecule has 6 rings (SSSR count). The molecule has 40 heavy (non-hydrogen) atoms. The quantitative estimate of drug-likeness (QED) is 0.359. The van der Waals surface area contributed by atoms with Crippen LogP contribution in [0.3, 0.4) is 0 Å². The summed E-state index contributed by atoms with van der Waals surface area (Å²) in [4.78, 5) is 43.4. The minimum absolute atomic E-state index is 0.0107. The topological polar surface area (TPSA) is 118 Å². The molecule has 0 bridgehead atoms. The lowest BCUT2D eigenvalue weighted by Gasteiger charge is -2.28. The molecule has 9 nitrogen and oxygen atoms in total. The van der Waals surface area contributed by atoms with Crippen molar-refractivity contribution in [2.45, 2.75) is 69.9 Å². The summed E-state index contributed by atoms with van der Waals surface area (Å²) in [7, 11) is 0. The second kappa shape index (κ2) is 8.97. The van der Waals surface area contributed by atoms with E-state index >= 15 is 0 Å². The number of hydrogen-bond acceptors (Lipinski definition) is 6. The molecule has 1 aromatic carbocycles. The van der Waals surface area contributed by atoms with Gasteiger partial charge in [0.15, 0.2) is 11.5 Å². The van der Waals surface area contributed by atoms with Gasteiger partial charge in [-0.25, -0.2) is 19.5 Å². The summed E-state index contributed by atoms with van der Waals surface area (Å²) in [6.45, 7) is 6.33. The lowest BCUT2D eigenvalue weighted by Crippen LogP contribution is -2.41. The Morgan fingerprint density at radius 1 is 1.07 bits per heavy atom. The number of aromatic amines is 1. The summed E-state index contributed by atoms with van der Waals surface area (Å²) in [6, 6.07) is 7.85. The molecular formula is C28H28F3N7O2. The molecular weight excluding hydrogens is 523 g/mol. The van der Waals surface area contributed by atoms with E-state index in [0.29, 0.717) is 11.3 Å².